The first-order chi connectivity index (χ1) is 21.1. The van der Waals surface area contributed by atoms with Gasteiger partial charge in [0, 0.05) is 23.1 Å². The summed E-state index contributed by atoms with van der Waals surface area (Å²) in [7, 11) is -1.87. The van der Waals surface area contributed by atoms with E-state index < -0.39 is 8.60 Å². The van der Waals surface area contributed by atoms with Crippen molar-refractivity contribution in [1.29, 1.82) is 0 Å². The van der Waals surface area contributed by atoms with Gasteiger partial charge in [0.05, 0.1) is 0 Å². The van der Waals surface area contributed by atoms with E-state index in [4.69, 9.17) is 13.6 Å². The molecule has 258 valence electrons. The molecule has 3 aromatic rings. The molecule has 4 rings (SSSR count). The zero-order chi connectivity index (χ0) is 35.7. The molecule has 1 aliphatic rings. The Hall–Kier alpha value is -2.51. The Balaban J connectivity index is 2.05. The topological polar surface area (TPSA) is 27.7 Å². The number of fused-ring (bicyclic) bond motifs is 2. The standard InChI is InChI=1S/C43H63O3P/c1-38(2,3)29-19-20-35(32(24-29)41(10,11)12)44-47-45-36-27(22-30(39(4,5)6)25-33(36)42(13,14)15)21-28-23-31(40(7,8)9)26-34(37(28)46-47)43(16,17)18/h19-20,22-26H,21H2,1-18H3. The van der Waals surface area contributed by atoms with Gasteiger partial charge in [0.25, 0.3) is 0 Å². The third-order valence-corrected chi connectivity index (χ3v) is 10.2. The second kappa shape index (κ2) is 12.1. The Morgan fingerprint density at radius 2 is 0.809 bits per heavy atom. The molecular weight excluding hydrogens is 595 g/mol. The summed E-state index contributed by atoms with van der Waals surface area (Å²) in [6.45, 7) is 40.9. The van der Waals surface area contributed by atoms with E-state index in [1.165, 1.54) is 38.9 Å². The summed E-state index contributed by atoms with van der Waals surface area (Å²) < 4.78 is 21.1. The first-order valence-corrected chi connectivity index (χ1v) is 18.5. The van der Waals surface area contributed by atoms with Crippen molar-refractivity contribution in [2.75, 3.05) is 0 Å². The van der Waals surface area contributed by atoms with Crippen molar-refractivity contribution in [2.24, 2.45) is 0 Å². The molecule has 1 heterocycles. The van der Waals surface area contributed by atoms with Gasteiger partial charge in [-0.25, -0.2) is 0 Å². The maximum absolute atomic E-state index is 7.07. The molecule has 47 heavy (non-hydrogen) atoms. The van der Waals surface area contributed by atoms with Gasteiger partial charge in [0.2, 0.25) is 0 Å². The van der Waals surface area contributed by atoms with Crippen molar-refractivity contribution in [3.05, 3.63) is 87.0 Å². The number of hydrogen-bond acceptors (Lipinski definition) is 3. The van der Waals surface area contributed by atoms with Crippen LogP contribution in [0.15, 0.2) is 42.5 Å². The largest absolute Gasteiger partial charge is 0.530 e. The van der Waals surface area contributed by atoms with Crippen LogP contribution in [0, 0.1) is 0 Å². The molecule has 0 saturated carbocycles. The van der Waals surface area contributed by atoms with E-state index >= 15 is 0 Å². The molecule has 0 aromatic heterocycles. The fraction of sp³-hybridized carbons (Fsp3) is 0.581. The fourth-order valence-corrected chi connectivity index (χ4v) is 7.15. The van der Waals surface area contributed by atoms with Crippen molar-refractivity contribution in [1.82, 2.24) is 0 Å². The lowest BCUT2D eigenvalue weighted by atomic mass is 9.76. The maximum atomic E-state index is 7.07. The molecule has 3 aromatic carbocycles. The maximum Gasteiger partial charge on any atom is 0.530 e. The number of hydrogen-bond donors (Lipinski definition) is 0. The molecule has 0 aliphatic carbocycles. The first-order valence-electron chi connectivity index (χ1n) is 17.4. The summed E-state index contributed by atoms with van der Waals surface area (Å²) in [6, 6.07) is 16.1. The number of benzene rings is 3. The lowest BCUT2D eigenvalue weighted by Crippen LogP contribution is -2.23. The van der Waals surface area contributed by atoms with Crippen molar-refractivity contribution in [3.63, 3.8) is 0 Å². The molecule has 3 nitrogen and oxygen atoms in total. The third-order valence-electron chi connectivity index (χ3n) is 9.22. The van der Waals surface area contributed by atoms with Gasteiger partial charge < -0.3 is 13.6 Å². The van der Waals surface area contributed by atoms with Gasteiger partial charge in [0.1, 0.15) is 17.2 Å². The van der Waals surface area contributed by atoms with Crippen LogP contribution in [0.1, 0.15) is 169 Å². The molecule has 0 radical (unpaired) electrons. The minimum atomic E-state index is -1.87. The molecule has 0 atom stereocenters. The Bertz CT molecular complexity index is 1540. The van der Waals surface area contributed by atoms with Gasteiger partial charge in [-0.2, -0.15) is 0 Å². The molecule has 0 amide bonds. The summed E-state index contributed by atoms with van der Waals surface area (Å²) in [5, 5.41) is 0. The predicted octanol–water partition coefficient (Wildman–Crippen LogP) is 13.1. The average molecular weight is 659 g/mol. The predicted molar refractivity (Wildman–Crippen MR) is 203 cm³/mol. The zero-order valence-electron chi connectivity index (χ0n) is 32.9. The minimum Gasteiger partial charge on any atom is -0.408 e. The van der Waals surface area contributed by atoms with Gasteiger partial charge in [-0.3, -0.25) is 0 Å². The van der Waals surface area contributed by atoms with Crippen LogP contribution in [0.25, 0.3) is 0 Å². The van der Waals surface area contributed by atoms with Gasteiger partial charge >= 0.3 is 8.60 Å². The summed E-state index contributed by atoms with van der Waals surface area (Å²) in [4.78, 5) is 0. The average Bonchev–Trinajstić information content (AvgIpc) is 2.85. The van der Waals surface area contributed by atoms with E-state index in [9.17, 15) is 0 Å². The molecule has 1 aliphatic heterocycles. The summed E-state index contributed by atoms with van der Waals surface area (Å²) in [6.07, 6.45) is 0.724. The van der Waals surface area contributed by atoms with E-state index in [0.717, 1.165) is 29.2 Å². The molecular formula is C43H63O3P. The van der Waals surface area contributed by atoms with Crippen molar-refractivity contribution < 1.29 is 13.6 Å². The van der Waals surface area contributed by atoms with Crippen molar-refractivity contribution in [2.45, 2.75) is 164 Å². The first kappa shape index (κ1) is 37.3. The third kappa shape index (κ3) is 8.39. The van der Waals surface area contributed by atoms with Crippen LogP contribution in [0.5, 0.6) is 17.2 Å². The van der Waals surface area contributed by atoms with Gasteiger partial charge in [-0.05, 0) is 66.4 Å². The summed E-state index contributed by atoms with van der Waals surface area (Å²) in [5.74, 6) is 2.60. The summed E-state index contributed by atoms with van der Waals surface area (Å²) in [5.41, 5.74) is 9.36. The number of rotatable bonds is 2. The van der Waals surface area contributed by atoms with E-state index in [1.807, 2.05) is 0 Å². The molecule has 0 fully saturated rings. The lowest BCUT2D eigenvalue weighted by molar-refractivity contribution is 0.365. The quantitative estimate of drug-likeness (QED) is 0.257. The fourth-order valence-electron chi connectivity index (χ4n) is 5.99. The SMILES string of the molecule is CC(C)(C)c1ccc(OP2Oc3c(cc(C(C)(C)C)cc3C(C)(C)C)Cc3cc(C(C)(C)C)cc(C(C)(C)C)c3O2)c(C(C)(C)C)c1. The van der Waals surface area contributed by atoms with Crippen LogP contribution in [-0.4, -0.2) is 0 Å². The molecule has 0 saturated heterocycles. The van der Waals surface area contributed by atoms with Crippen LogP contribution in [0.3, 0.4) is 0 Å². The van der Waals surface area contributed by atoms with E-state index in [0.29, 0.717) is 0 Å². The monoisotopic (exact) mass is 658 g/mol. The lowest BCUT2D eigenvalue weighted by Gasteiger charge is -2.35. The van der Waals surface area contributed by atoms with Crippen LogP contribution in [-0.2, 0) is 38.9 Å². The Labute approximate surface area is 289 Å². The van der Waals surface area contributed by atoms with Crippen LogP contribution in [0.2, 0.25) is 0 Å². The normalized spacial score (nSPS) is 15.2. The second-order valence-electron chi connectivity index (χ2n) is 19.9. The van der Waals surface area contributed by atoms with Gasteiger partial charge in [0.15, 0.2) is 0 Å². The van der Waals surface area contributed by atoms with Crippen LogP contribution in [0.4, 0.5) is 0 Å². The van der Waals surface area contributed by atoms with Gasteiger partial charge in [-0.1, -0.05) is 161 Å². The Morgan fingerprint density at radius 3 is 1.15 bits per heavy atom. The second-order valence-corrected chi connectivity index (χ2v) is 20.9. The highest BCUT2D eigenvalue weighted by atomic mass is 31.2. The highest BCUT2D eigenvalue weighted by Crippen LogP contribution is 2.54. The van der Waals surface area contributed by atoms with Crippen LogP contribution < -0.4 is 13.6 Å². The van der Waals surface area contributed by atoms with E-state index in [1.54, 1.807) is 0 Å². The zero-order valence-corrected chi connectivity index (χ0v) is 33.8. The molecule has 0 N–H and O–H groups in total. The molecule has 0 spiro atoms. The summed E-state index contributed by atoms with van der Waals surface area (Å²) >= 11 is 0. The Kier molecular flexibility index (Phi) is 9.62. The van der Waals surface area contributed by atoms with Crippen molar-refractivity contribution in [3.8, 4) is 17.2 Å². The highest BCUT2D eigenvalue weighted by molar-refractivity contribution is 7.43. The van der Waals surface area contributed by atoms with Crippen molar-refractivity contribution >= 4 is 8.60 Å². The van der Waals surface area contributed by atoms with Crippen LogP contribution >= 0.6 is 8.60 Å². The Morgan fingerprint density at radius 1 is 0.447 bits per heavy atom. The minimum absolute atomic E-state index is 0.0157. The highest BCUT2D eigenvalue weighted by Gasteiger charge is 2.37. The van der Waals surface area contributed by atoms with E-state index in [-0.39, 0.29) is 32.5 Å². The smallest absolute Gasteiger partial charge is 0.408 e. The van der Waals surface area contributed by atoms with E-state index in [2.05, 4.69) is 167 Å². The molecule has 0 bridgehead atoms. The van der Waals surface area contributed by atoms with Gasteiger partial charge in [-0.15, -0.1) is 0 Å². The molecule has 4 heteroatoms. The molecule has 0 unspecified atom stereocenters.